The van der Waals surface area contributed by atoms with E-state index >= 15 is 0 Å². The highest BCUT2D eigenvalue weighted by molar-refractivity contribution is 6.39. The van der Waals surface area contributed by atoms with Crippen LogP contribution in [0.5, 0.6) is 5.75 Å². The monoisotopic (exact) mass is 465 g/mol. The molecule has 8 heteroatoms. The van der Waals surface area contributed by atoms with E-state index in [4.69, 9.17) is 32.7 Å². The van der Waals surface area contributed by atoms with E-state index in [0.717, 1.165) is 16.7 Å². The largest absolute Gasteiger partial charge is 0.491 e. The lowest BCUT2D eigenvalue weighted by Gasteiger charge is -2.31. The second-order valence-corrected chi connectivity index (χ2v) is 8.39. The van der Waals surface area contributed by atoms with Gasteiger partial charge in [0.15, 0.2) is 0 Å². The lowest BCUT2D eigenvalue weighted by molar-refractivity contribution is -0.141. The van der Waals surface area contributed by atoms with Crippen molar-refractivity contribution >= 4 is 35.1 Å². The molecule has 2 aromatic carbocycles. The van der Waals surface area contributed by atoms with Crippen molar-refractivity contribution in [3.8, 4) is 5.75 Å². The van der Waals surface area contributed by atoms with Gasteiger partial charge in [-0.2, -0.15) is 0 Å². The summed E-state index contributed by atoms with van der Waals surface area (Å²) in [5.74, 6) is -1.05. The van der Waals surface area contributed by atoms with Gasteiger partial charge in [-0.05, 0) is 41.7 Å². The van der Waals surface area contributed by atoms with Gasteiger partial charge < -0.3 is 19.5 Å². The zero-order valence-electron chi connectivity index (χ0n) is 17.5. The van der Waals surface area contributed by atoms with E-state index in [-0.39, 0.29) is 21.5 Å². The Morgan fingerprint density at radius 2 is 1.90 bits per heavy atom. The molecule has 1 unspecified atom stereocenters. The van der Waals surface area contributed by atoms with Crippen LogP contribution < -0.4 is 4.74 Å². The number of carbonyl (C=O) groups is 2. The Kier molecular flexibility index (Phi) is 7.81. The van der Waals surface area contributed by atoms with Crippen LogP contribution in [0.15, 0.2) is 30.3 Å². The second kappa shape index (κ2) is 10.4. The molecule has 3 rings (SSSR count). The lowest BCUT2D eigenvalue weighted by atomic mass is 9.89. The number of carboxylic acid groups (broad SMARTS) is 1. The molecular weight excluding hydrogens is 441 g/mol. The maximum atomic E-state index is 13.2. The van der Waals surface area contributed by atoms with Gasteiger partial charge in [0.05, 0.1) is 28.1 Å². The summed E-state index contributed by atoms with van der Waals surface area (Å²) in [7, 11) is 1.58. The average molecular weight is 466 g/mol. The third kappa shape index (κ3) is 5.50. The normalized spacial score (nSPS) is 14.1. The highest BCUT2D eigenvalue weighted by Gasteiger charge is 2.27. The summed E-state index contributed by atoms with van der Waals surface area (Å²) in [5, 5.41) is 9.70. The van der Waals surface area contributed by atoms with Crippen LogP contribution in [0.4, 0.5) is 0 Å². The minimum atomic E-state index is -0.816. The first-order valence-electron chi connectivity index (χ1n) is 10.0. The standard InChI is InChI=1S/C23H25Cl2NO5/c1-14(23(28)29)10-15-4-3-5-16-13-26(7-6-18(15)16)22(27)21-19(24)11-17(12-20(21)25)31-9-8-30-2/h3-5,11-12,14H,6-10,13H2,1-2H3,(H,28,29). The number of carboxylic acids is 1. The molecule has 0 bridgehead atoms. The third-order valence-corrected chi connectivity index (χ3v) is 5.98. The summed E-state index contributed by atoms with van der Waals surface area (Å²) >= 11 is 12.8. The van der Waals surface area contributed by atoms with Gasteiger partial charge in [0, 0.05) is 20.2 Å². The molecule has 1 atom stereocenters. The molecule has 0 saturated carbocycles. The Morgan fingerprint density at radius 1 is 1.19 bits per heavy atom. The Morgan fingerprint density at radius 3 is 2.55 bits per heavy atom. The van der Waals surface area contributed by atoms with Crippen LogP contribution in [-0.4, -0.2) is 48.8 Å². The average Bonchev–Trinajstić information content (AvgIpc) is 2.73. The fourth-order valence-electron chi connectivity index (χ4n) is 3.71. The van der Waals surface area contributed by atoms with Gasteiger partial charge >= 0.3 is 5.97 Å². The van der Waals surface area contributed by atoms with Gasteiger partial charge in [-0.1, -0.05) is 48.3 Å². The van der Waals surface area contributed by atoms with E-state index < -0.39 is 11.9 Å². The Balaban J connectivity index is 1.78. The molecule has 0 aliphatic carbocycles. The molecule has 1 amide bonds. The fraction of sp³-hybridized carbons (Fsp3) is 0.391. The van der Waals surface area contributed by atoms with Crippen molar-refractivity contribution < 1.29 is 24.2 Å². The highest BCUT2D eigenvalue weighted by atomic mass is 35.5. The van der Waals surface area contributed by atoms with Crippen LogP contribution in [0, 0.1) is 5.92 Å². The van der Waals surface area contributed by atoms with Crippen LogP contribution >= 0.6 is 23.2 Å². The number of hydrogen-bond acceptors (Lipinski definition) is 4. The molecule has 0 spiro atoms. The fourth-order valence-corrected chi connectivity index (χ4v) is 4.34. The smallest absolute Gasteiger partial charge is 0.306 e. The molecule has 1 aliphatic heterocycles. The molecule has 0 radical (unpaired) electrons. The zero-order chi connectivity index (χ0) is 22.5. The number of methoxy groups -OCH3 is 1. The number of fused-ring (bicyclic) bond motifs is 1. The molecule has 166 valence electrons. The minimum absolute atomic E-state index is 0.236. The summed E-state index contributed by atoms with van der Waals surface area (Å²) in [6, 6.07) is 9.01. The number of rotatable bonds is 8. The first-order valence-corrected chi connectivity index (χ1v) is 10.8. The van der Waals surface area contributed by atoms with E-state index in [1.807, 2.05) is 18.2 Å². The number of carbonyl (C=O) groups excluding carboxylic acids is 1. The second-order valence-electron chi connectivity index (χ2n) is 7.58. The first-order chi connectivity index (χ1) is 14.8. The van der Waals surface area contributed by atoms with Gasteiger partial charge in [-0.15, -0.1) is 0 Å². The number of amides is 1. The van der Waals surface area contributed by atoms with Crippen LogP contribution in [0.2, 0.25) is 10.0 Å². The molecule has 0 fully saturated rings. The van der Waals surface area contributed by atoms with Crippen molar-refractivity contribution in [2.24, 2.45) is 5.92 Å². The summed E-state index contributed by atoms with van der Waals surface area (Å²) in [6.45, 7) is 3.40. The summed E-state index contributed by atoms with van der Waals surface area (Å²) in [6.07, 6.45) is 1.12. The van der Waals surface area contributed by atoms with Gasteiger partial charge in [0.25, 0.3) is 5.91 Å². The number of nitrogens with zero attached hydrogens (tertiary/aromatic N) is 1. The van der Waals surface area contributed by atoms with Crippen molar-refractivity contribution in [3.63, 3.8) is 0 Å². The van der Waals surface area contributed by atoms with Crippen molar-refractivity contribution in [3.05, 3.63) is 62.6 Å². The number of hydrogen-bond donors (Lipinski definition) is 1. The predicted octanol–water partition coefficient (Wildman–Crippen LogP) is 4.48. The maximum absolute atomic E-state index is 13.2. The molecule has 6 nitrogen and oxygen atoms in total. The molecular formula is C23H25Cl2NO5. The molecule has 1 heterocycles. The summed E-state index contributed by atoms with van der Waals surface area (Å²) in [5.41, 5.74) is 3.41. The molecule has 0 saturated heterocycles. The van der Waals surface area contributed by atoms with E-state index in [9.17, 15) is 14.7 Å². The van der Waals surface area contributed by atoms with Crippen molar-refractivity contribution in [2.45, 2.75) is 26.3 Å². The Labute approximate surface area is 191 Å². The molecule has 31 heavy (non-hydrogen) atoms. The molecule has 2 aromatic rings. The van der Waals surface area contributed by atoms with Crippen LogP contribution in [0.25, 0.3) is 0 Å². The summed E-state index contributed by atoms with van der Waals surface area (Å²) < 4.78 is 10.5. The molecule has 0 aromatic heterocycles. The number of halogens is 2. The molecule has 1 N–H and O–H groups in total. The van der Waals surface area contributed by atoms with Crippen LogP contribution in [0.3, 0.4) is 0 Å². The van der Waals surface area contributed by atoms with E-state index in [1.165, 1.54) is 0 Å². The first kappa shape index (κ1) is 23.4. The SMILES string of the molecule is COCCOc1cc(Cl)c(C(=O)N2CCc3c(CC(C)C(=O)O)cccc3C2)c(Cl)c1. The number of benzene rings is 2. The van der Waals surface area contributed by atoms with E-state index in [2.05, 4.69) is 0 Å². The zero-order valence-corrected chi connectivity index (χ0v) is 19.0. The third-order valence-electron chi connectivity index (χ3n) is 5.38. The van der Waals surface area contributed by atoms with Crippen LogP contribution in [-0.2, 0) is 28.9 Å². The number of ether oxygens (including phenoxy) is 2. The summed E-state index contributed by atoms with van der Waals surface area (Å²) in [4.78, 5) is 26.1. The lowest BCUT2D eigenvalue weighted by Crippen LogP contribution is -2.36. The van der Waals surface area contributed by atoms with Gasteiger partial charge in [0.2, 0.25) is 0 Å². The van der Waals surface area contributed by atoms with E-state index in [0.29, 0.717) is 44.9 Å². The maximum Gasteiger partial charge on any atom is 0.306 e. The Hall–Kier alpha value is -2.28. The minimum Gasteiger partial charge on any atom is -0.491 e. The van der Waals surface area contributed by atoms with Gasteiger partial charge in [-0.25, -0.2) is 0 Å². The predicted molar refractivity (Wildman–Crippen MR) is 119 cm³/mol. The highest BCUT2D eigenvalue weighted by Crippen LogP contribution is 2.33. The molecule has 1 aliphatic rings. The van der Waals surface area contributed by atoms with Crippen LogP contribution in [0.1, 0.15) is 34.0 Å². The van der Waals surface area contributed by atoms with Gasteiger partial charge in [0.1, 0.15) is 12.4 Å². The van der Waals surface area contributed by atoms with Gasteiger partial charge in [-0.3, -0.25) is 9.59 Å². The van der Waals surface area contributed by atoms with Crippen molar-refractivity contribution in [2.75, 3.05) is 26.9 Å². The Bertz CT molecular complexity index is 955. The topological polar surface area (TPSA) is 76.1 Å². The van der Waals surface area contributed by atoms with Crippen molar-refractivity contribution in [1.29, 1.82) is 0 Å². The van der Waals surface area contributed by atoms with E-state index in [1.54, 1.807) is 31.1 Å². The number of aliphatic carboxylic acids is 1. The quantitative estimate of drug-likeness (QED) is 0.581. The van der Waals surface area contributed by atoms with Crippen molar-refractivity contribution in [1.82, 2.24) is 4.90 Å².